The number of rotatable bonds is 2. The van der Waals surface area contributed by atoms with E-state index in [2.05, 4.69) is 5.32 Å². The molecule has 17 heavy (non-hydrogen) atoms. The summed E-state index contributed by atoms with van der Waals surface area (Å²) in [5.41, 5.74) is 7.79. The summed E-state index contributed by atoms with van der Waals surface area (Å²) in [6.45, 7) is 3.50. The molecule has 88 valence electrons. The molecule has 2 aromatic rings. The van der Waals surface area contributed by atoms with Gasteiger partial charge in [-0.2, -0.15) is 0 Å². The van der Waals surface area contributed by atoms with Gasteiger partial charge in [0.25, 0.3) is 0 Å². The van der Waals surface area contributed by atoms with Gasteiger partial charge in [0, 0.05) is 18.0 Å². The van der Waals surface area contributed by atoms with E-state index in [-0.39, 0.29) is 11.9 Å². The van der Waals surface area contributed by atoms with Crippen molar-refractivity contribution in [2.24, 2.45) is 0 Å². The molecule has 3 heteroatoms. The summed E-state index contributed by atoms with van der Waals surface area (Å²) in [7, 11) is 0. The van der Waals surface area contributed by atoms with Crippen molar-refractivity contribution in [2.45, 2.75) is 19.9 Å². The maximum absolute atomic E-state index is 11.1. The molecule has 0 heterocycles. The molecule has 2 rings (SSSR count). The maximum Gasteiger partial charge on any atom is 0.217 e. The second-order valence-corrected chi connectivity index (χ2v) is 4.21. The van der Waals surface area contributed by atoms with E-state index in [0.717, 1.165) is 22.0 Å². The fourth-order valence-corrected chi connectivity index (χ4v) is 2.11. The maximum atomic E-state index is 11.1. The molecular weight excluding hydrogens is 212 g/mol. The summed E-state index contributed by atoms with van der Waals surface area (Å²) < 4.78 is 0. The van der Waals surface area contributed by atoms with E-state index in [1.807, 2.05) is 43.3 Å². The number of fused-ring (bicyclic) bond motifs is 1. The fourth-order valence-electron chi connectivity index (χ4n) is 2.11. The van der Waals surface area contributed by atoms with Crippen LogP contribution in [-0.2, 0) is 4.79 Å². The summed E-state index contributed by atoms with van der Waals surface area (Å²) in [5, 5.41) is 5.01. The number of nitrogen functional groups attached to an aromatic ring is 1. The highest BCUT2D eigenvalue weighted by molar-refractivity contribution is 5.95. The number of benzene rings is 2. The first-order valence-corrected chi connectivity index (χ1v) is 5.64. The van der Waals surface area contributed by atoms with Crippen molar-refractivity contribution in [1.82, 2.24) is 5.32 Å². The van der Waals surface area contributed by atoms with Gasteiger partial charge in [-0.3, -0.25) is 4.79 Å². The zero-order valence-corrected chi connectivity index (χ0v) is 10.0. The minimum absolute atomic E-state index is 0.0157. The number of nitrogens with one attached hydrogen (secondary N) is 1. The second-order valence-electron chi connectivity index (χ2n) is 4.21. The van der Waals surface area contributed by atoms with Crippen LogP contribution in [0.25, 0.3) is 10.8 Å². The number of hydrogen-bond donors (Lipinski definition) is 2. The Kier molecular flexibility index (Phi) is 3.00. The first kappa shape index (κ1) is 11.5. The number of carbonyl (C=O) groups excluding carboxylic acids is 1. The topological polar surface area (TPSA) is 55.1 Å². The lowest BCUT2D eigenvalue weighted by Crippen LogP contribution is -2.23. The van der Waals surface area contributed by atoms with Crippen molar-refractivity contribution in [3.63, 3.8) is 0 Å². The monoisotopic (exact) mass is 228 g/mol. The summed E-state index contributed by atoms with van der Waals surface area (Å²) in [6.07, 6.45) is 0. The minimum atomic E-state index is -0.0293. The van der Waals surface area contributed by atoms with E-state index in [4.69, 9.17) is 5.73 Å². The van der Waals surface area contributed by atoms with E-state index in [0.29, 0.717) is 0 Å². The van der Waals surface area contributed by atoms with Gasteiger partial charge in [-0.1, -0.05) is 30.3 Å². The smallest absolute Gasteiger partial charge is 0.217 e. The number of anilines is 1. The molecule has 0 aliphatic heterocycles. The second kappa shape index (κ2) is 4.45. The molecule has 3 nitrogen and oxygen atoms in total. The minimum Gasteiger partial charge on any atom is -0.398 e. The molecule has 1 atom stereocenters. The van der Waals surface area contributed by atoms with Crippen LogP contribution in [0, 0.1) is 0 Å². The number of amides is 1. The standard InChI is InChI=1S/C14H16N2O/c1-9(16-10(2)17)11-7-8-14(15)13-6-4-3-5-12(11)13/h3-9H,15H2,1-2H3,(H,16,17)/t9-/m0/s1. The molecule has 1 amide bonds. The number of carbonyl (C=O) groups is 1. The third-order valence-corrected chi connectivity index (χ3v) is 2.88. The molecular formula is C14H16N2O. The van der Waals surface area contributed by atoms with Crippen molar-refractivity contribution in [3.8, 4) is 0 Å². The molecule has 2 aromatic carbocycles. The normalized spacial score (nSPS) is 12.4. The molecule has 0 aliphatic carbocycles. The van der Waals surface area contributed by atoms with Crippen LogP contribution in [0.15, 0.2) is 36.4 Å². The van der Waals surface area contributed by atoms with Crippen LogP contribution >= 0.6 is 0 Å². The van der Waals surface area contributed by atoms with Crippen LogP contribution in [0.2, 0.25) is 0 Å². The summed E-state index contributed by atoms with van der Waals surface area (Å²) in [6, 6.07) is 11.8. The van der Waals surface area contributed by atoms with Gasteiger partial charge < -0.3 is 11.1 Å². The third-order valence-electron chi connectivity index (χ3n) is 2.88. The predicted octanol–water partition coefficient (Wildman–Crippen LogP) is 2.62. The number of nitrogens with two attached hydrogens (primary N) is 1. The average molecular weight is 228 g/mol. The molecule has 0 unspecified atom stereocenters. The van der Waals surface area contributed by atoms with E-state index in [1.165, 1.54) is 6.92 Å². The van der Waals surface area contributed by atoms with Crippen LogP contribution in [-0.4, -0.2) is 5.91 Å². The van der Waals surface area contributed by atoms with Crippen molar-refractivity contribution in [1.29, 1.82) is 0 Å². The summed E-state index contributed by atoms with van der Waals surface area (Å²) >= 11 is 0. The molecule has 0 aromatic heterocycles. The van der Waals surface area contributed by atoms with Gasteiger partial charge in [0.05, 0.1) is 6.04 Å². The summed E-state index contributed by atoms with van der Waals surface area (Å²) in [5.74, 6) is -0.0293. The lowest BCUT2D eigenvalue weighted by atomic mass is 9.98. The van der Waals surface area contributed by atoms with Crippen LogP contribution in [0.4, 0.5) is 5.69 Å². The molecule has 0 saturated heterocycles. The Labute approximate surface area is 101 Å². The summed E-state index contributed by atoms with van der Waals surface area (Å²) in [4.78, 5) is 11.1. The van der Waals surface area contributed by atoms with Crippen LogP contribution < -0.4 is 11.1 Å². The quantitative estimate of drug-likeness (QED) is 0.776. The van der Waals surface area contributed by atoms with E-state index < -0.39 is 0 Å². The Morgan fingerprint density at radius 1 is 1.18 bits per heavy atom. The first-order valence-electron chi connectivity index (χ1n) is 5.64. The third kappa shape index (κ3) is 2.23. The van der Waals surface area contributed by atoms with Crippen molar-refractivity contribution in [2.75, 3.05) is 5.73 Å². The molecule has 0 radical (unpaired) electrons. The van der Waals surface area contributed by atoms with Crippen LogP contribution in [0.5, 0.6) is 0 Å². The van der Waals surface area contributed by atoms with Gasteiger partial charge in [0.1, 0.15) is 0 Å². The van der Waals surface area contributed by atoms with Gasteiger partial charge in [-0.25, -0.2) is 0 Å². The van der Waals surface area contributed by atoms with Crippen LogP contribution in [0.3, 0.4) is 0 Å². The molecule has 0 saturated carbocycles. The zero-order chi connectivity index (χ0) is 12.4. The van der Waals surface area contributed by atoms with Gasteiger partial charge in [0.2, 0.25) is 5.91 Å². The Bertz CT molecular complexity index is 563. The lowest BCUT2D eigenvalue weighted by molar-refractivity contribution is -0.119. The Hall–Kier alpha value is -2.03. The molecule has 3 N–H and O–H groups in total. The highest BCUT2D eigenvalue weighted by atomic mass is 16.1. The molecule has 0 fully saturated rings. The Morgan fingerprint density at radius 2 is 1.82 bits per heavy atom. The van der Waals surface area contributed by atoms with E-state index >= 15 is 0 Å². The van der Waals surface area contributed by atoms with Gasteiger partial charge in [-0.05, 0) is 23.9 Å². The van der Waals surface area contributed by atoms with Crippen molar-refractivity contribution in [3.05, 3.63) is 42.0 Å². The predicted molar refractivity (Wildman–Crippen MR) is 70.6 cm³/mol. The highest BCUT2D eigenvalue weighted by Gasteiger charge is 2.11. The Morgan fingerprint density at radius 3 is 2.47 bits per heavy atom. The SMILES string of the molecule is CC(=O)N[C@@H](C)c1ccc(N)c2ccccc12. The highest BCUT2D eigenvalue weighted by Crippen LogP contribution is 2.28. The molecule has 0 spiro atoms. The first-order chi connectivity index (χ1) is 8.09. The lowest BCUT2D eigenvalue weighted by Gasteiger charge is -2.16. The fraction of sp³-hybridized carbons (Fsp3) is 0.214. The van der Waals surface area contributed by atoms with Crippen LogP contribution in [0.1, 0.15) is 25.5 Å². The Balaban J connectivity index is 2.55. The zero-order valence-electron chi connectivity index (χ0n) is 10.0. The molecule has 0 aliphatic rings. The van der Waals surface area contributed by atoms with Gasteiger partial charge >= 0.3 is 0 Å². The van der Waals surface area contributed by atoms with Crippen molar-refractivity contribution >= 4 is 22.4 Å². The van der Waals surface area contributed by atoms with E-state index in [1.54, 1.807) is 0 Å². The number of hydrogen-bond acceptors (Lipinski definition) is 2. The average Bonchev–Trinajstić information content (AvgIpc) is 2.29. The van der Waals surface area contributed by atoms with Crippen molar-refractivity contribution < 1.29 is 4.79 Å². The van der Waals surface area contributed by atoms with Gasteiger partial charge in [0.15, 0.2) is 0 Å². The molecule has 0 bridgehead atoms. The largest absolute Gasteiger partial charge is 0.398 e. The van der Waals surface area contributed by atoms with Gasteiger partial charge in [-0.15, -0.1) is 0 Å². The van der Waals surface area contributed by atoms with E-state index in [9.17, 15) is 4.79 Å².